The third-order valence-corrected chi connectivity index (χ3v) is 4.42. The molecule has 2 nitrogen and oxygen atoms in total. The number of hydrogen-bond donors (Lipinski definition) is 1. The van der Waals surface area contributed by atoms with Crippen LogP contribution >= 0.6 is 11.3 Å². The van der Waals surface area contributed by atoms with Crippen LogP contribution < -0.4 is 5.73 Å². The second kappa shape index (κ2) is 4.86. The van der Waals surface area contributed by atoms with Gasteiger partial charge in [0.25, 0.3) is 0 Å². The largest absolute Gasteiger partial charge is 0.329 e. The summed E-state index contributed by atoms with van der Waals surface area (Å²) in [6.07, 6.45) is 2.81. The van der Waals surface area contributed by atoms with Crippen molar-refractivity contribution in [3.8, 4) is 0 Å². The third kappa shape index (κ3) is 2.65. The van der Waals surface area contributed by atoms with E-state index in [1.54, 1.807) is 0 Å². The molecule has 1 heterocycles. The molecule has 1 aromatic rings. The van der Waals surface area contributed by atoms with Crippen molar-refractivity contribution in [2.24, 2.45) is 11.7 Å². The van der Waals surface area contributed by atoms with E-state index in [4.69, 9.17) is 5.73 Å². The highest BCUT2D eigenvalue weighted by atomic mass is 32.1. The van der Waals surface area contributed by atoms with Crippen LogP contribution in [0, 0.1) is 19.8 Å². The fourth-order valence-electron chi connectivity index (χ4n) is 2.36. The number of likely N-dealkylation sites (N-methyl/N-ethyl adjacent to an activating group) is 1. The van der Waals surface area contributed by atoms with Gasteiger partial charge in [-0.2, -0.15) is 0 Å². The highest BCUT2D eigenvalue weighted by Crippen LogP contribution is 2.34. The van der Waals surface area contributed by atoms with E-state index in [1.807, 2.05) is 11.3 Å². The molecule has 3 heteroatoms. The topological polar surface area (TPSA) is 29.3 Å². The predicted molar refractivity (Wildman–Crippen MR) is 70.9 cm³/mol. The van der Waals surface area contributed by atoms with E-state index in [-0.39, 0.29) is 0 Å². The molecular formula is C13H22N2S. The lowest BCUT2D eigenvalue weighted by atomic mass is 10.1. The van der Waals surface area contributed by atoms with E-state index in [9.17, 15) is 0 Å². The Morgan fingerprint density at radius 1 is 1.50 bits per heavy atom. The van der Waals surface area contributed by atoms with Crippen LogP contribution in [0.15, 0.2) is 6.07 Å². The van der Waals surface area contributed by atoms with Gasteiger partial charge in [-0.1, -0.05) is 0 Å². The van der Waals surface area contributed by atoms with E-state index in [2.05, 4.69) is 31.9 Å². The van der Waals surface area contributed by atoms with Crippen LogP contribution in [-0.4, -0.2) is 25.0 Å². The van der Waals surface area contributed by atoms with Crippen LogP contribution in [0.2, 0.25) is 0 Å². The maximum atomic E-state index is 5.94. The van der Waals surface area contributed by atoms with E-state index < -0.39 is 0 Å². The van der Waals surface area contributed by atoms with E-state index in [1.165, 1.54) is 34.7 Å². The van der Waals surface area contributed by atoms with Crippen LogP contribution in [0.1, 0.15) is 34.2 Å². The van der Waals surface area contributed by atoms with Gasteiger partial charge in [-0.05, 0) is 51.3 Å². The Bertz CT molecular complexity index is 355. The number of thiophene rings is 1. The van der Waals surface area contributed by atoms with Crippen LogP contribution in [-0.2, 0) is 0 Å². The van der Waals surface area contributed by atoms with Crippen LogP contribution in [0.5, 0.6) is 0 Å². The van der Waals surface area contributed by atoms with Crippen molar-refractivity contribution in [2.75, 3.05) is 20.1 Å². The second-order valence-corrected chi connectivity index (χ2v) is 6.46. The molecule has 0 aliphatic heterocycles. The molecule has 0 amide bonds. The summed E-state index contributed by atoms with van der Waals surface area (Å²) in [5.41, 5.74) is 7.38. The van der Waals surface area contributed by atoms with Crippen molar-refractivity contribution in [1.82, 2.24) is 4.90 Å². The predicted octanol–water partition coefficient (Wildman–Crippen LogP) is 2.71. The standard InChI is InChI=1S/C13H22N2S/c1-9-6-12(10(2)16-9)13(7-14)15(3)8-11-4-5-11/h6,11,13H,4-5,7-8,14H2,1-3H3. The van der Waals surface area contributed by atoms with Gasteiger partial charge < -0.3 is 5.73 Å². The molecule has 90 valence electrons. The van der Waals surface area contributed by atoms with Crippen LogP contribution in [0.25, 0.3) is 0 Å². The first-order valence-corrected chi connectivity index (χ1v) is 6.90. The minimum absolute atomic E-state index is 0.408. The molecule has 1 atom stereocenters. The lowest BCUT2D eigenvalue weighted by molar-refractivity contribution is 0.240. The molecule has 1 aliphatic rings. The van der Waals surface area contributed by atoms with Crippen LogP contribution in [0.3, 0.4) is 0 Å². The highest BCUT2D eigenvalue weighted by molar-refractivity contribution is 7.12. The lowest BCUT2D eigenvalue weighted by Crippen LogP contribution is -2.32. The first-order chi connectivity index (χ1) is 7.61. The Balaban J connectivity index is 2.10. The summed E-state index contributed by atoms with van der Waals surface area (Å²) < 4.78 is 0. The molecule has 1 aliphatic carbocycles. The summed E-state index contributed by atoms with van der Waals surface area (Å²) in [6.45, 7) is 6.31. The molecule has 1 unspecified atom stereocenters. The Hall–Kier alpha value is -0.380. The van der Waals surface area contributed by atoms with Crippen molar-refractivity contribution < 1.29 is 0 Å². The maximum Gasteiger partial charge on any atom is 0.0478 e. The molecule has 0 saturated heterocycles. The number of rotatable bonds is 5. The lowest BCUT2D eigenvalue weighted by Gasteiger charge is -2.27. The van der Waals surface area contributed by atoms with Gasteiger partial charge in [-0.15, -0.1) is 11.3 Å². The van der Waals surface area contributed by atoms with Crippen molar-refractivity contribution in [3.63, 3.8) is 0 Å². The van der Waals surface area contributed by atoms with E-state index >= 15 is 0 Å². The summed E-state index contributed by atoms with van der Waals surface area (Å²) >= 11 is 1.88. The fourth-order valence-corrected chi connectivity index (χ4v) is 3.34. The van der Waals surface area contributed by atoms with Crippen molar-refractivity contribution in [3.05, 3.63) is 21.4 Å². The minimum Gasteiger partial charge on any atom is -0.329 e. The Labute approximate surface area is 102 Å². The van der Waals surface area contributed by atoms with Gasteiger partial charge in [-0.3, -0.25) is 4.90 Å². The fraction of sp³-hybridized carbons (Fsp3) is 0.692. The van der Waals surface area contributed by atoms with Gasteiger partial charge in [0.2, 0.25) is 0 Å². The monoisotopic (exact) mass is 238 g/mol. The SMILES string of the molecule is Cc1cc(C(CN)N(C)CC2CC2)c(C)s1. The molecule has 1 fully saturated rings. The second-order valence-electron chi connectivity index (χ2n) is 5.00. The molecule has 0 spiro atoms. The first kappa shape index (κ1) is 12.1. The summed E-state index contributed by atoms with van der Waals surface area (Å²) in [7, 11) is 2.21. The summed E-state index contributed by atoms with van der Waals surface area (Å²) in [4.78, 5) is 5.26. The van der Waals surface area contributed by atoms with Crippen molar-refractivity contribution in [1.29, 1.82) is 0 Å². The zero-order valence-electron chi connectivity index (χ0n) is 10.5. The normalized spacial score (nSPS) is 18.1. The van der Waals surface area contributed by atoms with Crippen molar-refractivity contribution >= 4 is 11.3 Å². The number of nitrogens with two attached hydrogens (primary N) is 1. The molecule has 0 aromatic carbocycles. The third-order valence-electron chi connectivity index (χ3n) is 3.44. The highest BCUT2D eigenvalue weighted by Gasteiger charge is 2.27. The van der Waals surface area contributed by atoms with E-state index in [0.717, 1.165) is 12.5 Å². The Morgan fingerprint density at radius 3 is 2.62 bits per heavy atom. The average Bonchev–Trinajstić information content (AvgIpc) is 2.95. The average molecular weight is 238 g/mol. The number of hydrogen-bond acceptors (Lipinski definition) is 3. The van der Waals surface area contributed by atoms with Gasteiger partial charge in [0.05, 0.1) is 0 Å². The summed E-state index contributed by atoms with van der Waals surface area (Å²) in [5, 5.41) is 0. The Morgan fingerprint density at radius 2 is 2.19 bits per heavy atom. The smallest absolute Gasteiger partial charge is 0.0478 e. The molecule has 2 rings (SSSR count). The zero-order valence-corrected chi connectivity index (χ0v) is 11.3. The van der Waals surface area contributed by atoms with Gasteiger partial charge in [0, 0.05) is 28.9 Å². The summed E-state index contributed by atoms with van der Waals surface area (Å²) in [5.74, 6) is 0.930. The van der Waals surface area contributed by atoms with Gasteiger partial charge >= 0.3 is 0 Å². The molecule has 2 N–H and O–H groups in total. The van der Waals surface area contributed by atoms with Crippen LogP contribution in [0.4, 0.5) is 0 Å². The molecular weight excluding hydrogens is 216 g/mol. The molecule has 16 heavy (non-hydrogen) atoms. The number of nitrogens with zero attached hydrogens (tertiary/aromatic N) is 1. The zero-order chi connectivity index (χ0) is 11.7. The van der Waals surface area contributed by atoms with Gasteiger partial charge in [-0.25, -0.2) is 0 Å². The number of aryl methyl sites for hydroxylation is 2. The molecule has 0 bridgehead atoms. The quantitative estimate of drug-likeness (QED) is 0.854. The molecule has 1 aromatic heterocycles. The molecule has 1 saturated carbocycles. The Kier molecular flexibility index (Phi) is 3.67. The van der Waals surface area contributed by atoms with Gasteiger partial charge in [0.1, 0.15) is 0 Å². The van der Waals surface area contributed by atoms with Crippen molar-refractivity contribution in [2.45, 2.75) is 32.7 Å². The maximum absolute atomic E-state index is 5.94. The summed E-state index contributed by atoms with van der Waals surface area (Å²) in [6, 6.07) is 2.71. The van der Waals surface area contributed by atoms with E-state index in [0.29, 0.717) is 6.04 Å². The van der Waals surface area contributed by atoms with Gasteiger partial charge in [0.15, 0.2) is 0 Å². The molecule has 0 radical (unpaired) electrons. The minimum atomic E-state index is 0.408. The first-order valence-electron chi connectivity index (χ1n) is 6.09.